The second-order valence-electron chi connectivity index (χ2n) is 6.63. The molecule has 0 aromatic heterocycles. The first kappa shape index (κ1) is 16.9. The van der Waals surface area contributed by atoms with Crippen molar-refractivity contribution >= 4 is 0 Å². The molecule has 1 saturated carbocycles. The fourth-order valence-corrected chi connectivity index (χ4v) is 3.26. The minimum absolute atomic E-state index is 0.375. The molecule has 114 valence electrons. The van der Waals surface area contributed by atoms with Gasteiger partial charge in [0.05, 0.1) is 6.61 Å². The number of rotatable bonds is 11. The van der Waals surface area contributed by atoms with Crippen molar-refractivity contribution in [1.29, 1.82) is 0 Å². The van der Waals surface area contributed by atoms with Gasteiger partial charge in [0.15, 0.2) is 0 Å². The number of hydrogen-bond acceptors (Lipinski definition) is 3. The number of nitrogens with zero attached hydrogens (tertiary/aromatic N) is 1. The van der Waals surface area contributed by atoms with Crippen LogP contribution in [-0.2, 0) is 4.74 Å². The Balaban J connectivity index is 2.60. The zero-order chi connectivity index (χ0) is 14.3. The lowest BCUT2D eigenvalue weighted by Crippen LogP contribution is -2.47. The third-order valence-electron chi connectivity index (χ3n) is 4.50. The van der Waals surface area contributed by atoms with Gasteiger partial charge in [-0.15, -0.1) is 0 Å². The van der Waals surface area contributed by atoms with Crippen molar-refractivity contribution < 1.29 is 4.74 Å². The van der Waals surface area contributed by atoms with Gasteiger partial charge < -0.3 is 10.1 Å². The molecule has 1 aliphatic rings. The van der Waals surface area contributed by atoms with E-state index in [0.717, 1.165) is 25.6 Å². The molecule has 0 heterocycles. The van der Waals surface area contributed by atoms with Crippen molar-refractivity contribution in [3.05, 3.63) is 0 Å². The van der Waals surface area contributed by atoms with E-state index in [1.807, 2.05) is 0 Å². The quantitative estimate of drug-likeness (QED) is 0.625. The third-order valence-corrected chi connectivity index (χ3v) is 4.50. The summed E-state index contributed by atoms with van der Waals surface area (Å²) in [4.78, 5) is 2.66. The van der Waals surface area contributed by atoms with Crippen molar-refractivity contribution in [2.45, 2.75) is 52.5 Å². The van der Waals surface area contributed by atoms with Crippen LogP contribution in [0.1, 0.15) is 46.5 Å². The molecule has 1 N–H and O–H groups in total. The fourth-order valence-electron chi connectivity index (χ4n) is 3.26. The Hall–Kier alpha value is -0.120. The maximum atomic E-state index is 5.30. The molecule has 0 aromatic rings. The predicted octanol–water partition coefficient (Wildman–Crippen LogP) is 2.76. The first-order valence-electron chi connectivity index (χ1n) is 7.94. The summed E-state index contributed by atoms with van der Waals surface area (Å²) >= 11 is 0. The monoisotopic (exact) mass is 270 g/mol. The van der Waals surface area contributed by atoms with Crippen LogP contribution in [0.15, 0.2) is 0 Å². The highest BCUT2D eigenvalue weighted by molar-refractivity contribution is 4.89. The molecule has 1 aliphatic carbocycles. The van der Waals surface area contributed by atoms with Gasteiger partial charge in [0.1, 0.15) is 0 Å². The topological polar surface area (TPSA) is 24.5 Å². The van der Waals surface area contributed by atoms with Gasteiger partial charge in [0.2, 0.25) is 0 Å². The first-order valence-corrected chi connectivity index (χ1v) is 7.94. The summed E-state index contributed by atoms with van der Waals surface area (Å²) in [6, 6.07) is 0.711. The van der Waals surface area contributed by atoms with Crippen LogP contribution >= 0.6 is 0 Å². The summed E-state index contributed by atoms with van der Waals surface area (Å²) < 4.78 is 5.30. The Morgan fingerprint density at radius 2 is 2.11 bits per heavy atom. The van der Waals surface area contributed by atoms with E-state index in [-0.39, 0.29) is 0 Å². The zero-order valence-electron chi connectivity index (χ0n) is 13.7. The van der Waals surface area contributed by atoms with Crippen LogP contribution in [0.25, 0.3) is 0 Å². The van der Waals surface area contributed by atoms with Crippen LogP contribution in [-0.4, -0.2) is 51.3 Å². The molecule has 1 rings (SSSR count). The van der Waals surface area contributed by atoms with Crippen LogP contribution in [0, 0.1) is 11.3 Å². The third kappa shape index (κ3) is 5.80. The summed E-state index contributed by atoms with van der Waals surface area (Å²) in [7, 11) is 3.87. The molecule has 3 nitrogen and oxygen atoms in total. The summed E-state index contributed by atoms with van der Waals surface area (Å²) in [6.07, 6.45) is 5.38. The SMILES string of the molecule is CCCC(C)(CNC)CN(CCOC)C(C)C1CC1. The maximum Gasteiger partial charge on any atom is 0.0589 e. The molecule has 0 saturated heterocycles. The Morgan fingerprint density at radius 1 is 1.42 bits per heavy atom. The number of hydrogen-bond donors (Lipinski definition) is 1. The molecule has 19 heavy (non-hydrogen) atoms. The Morgan fingerprint density at radius 3 is 2.58 bits per heavy atom. The van der Waals surface area contributed by atoms with Gasteiger partial charge in [-0.1, -0.05) is 20.3 Å². The van der Waals surface area contributed by atoms with E-state index in [2.05, 4.69) is 38.0 Å². The average Bonchev–Trinajstić information content (AvgIpc) is 3.18. The normalized spacial score (nSPS) is 20.5. The van der Waals surface area contributed by atoms with Crippen LogP contribution in [0.4, 0.5) is 0 Å². The second-order valence-corrected chi connectivity index (χ2v) is 6.63. The maximum absolute atomic E-state index is 5.30. The molecular weight excluding hydrogens is 236 g/mol. The Labute approximate surface area is 120 Å². The van der Waals surface area contributed by atoms with Gasteiger partial charge in [-0.05, 0) is 44.6 Å². The lowest BCUT2D eigenvalue weighted by molar-refractivity contribution is 0.0739. The van der Waals surface area contributed by atoms with E-state index in [4.69, 9.17) is 4.74 Å². The minimum Gasteiger partial charge on any atom is -0.383 e. The van der Waals surface area contributed by atoms with Crippen LogP contribution < -0.4 is 5.32 Å². The van der Waals surface area contributed by atoms with Crippen LogP contribution in [0.5, 0.6) is 0 Å². The van der Waals surface area contributed by atoms with Crippen molar-refractivity contribution in [2.24, 2.45) is 11.3 Å². The molecule has 0 aliphatic heterocycles. The lowest BCUT2D eigenvalue weighted by atomic mass is 9.84. The van der Waals surface area contributed by atoms with Crippen molar-refractivity contribution in [2.75, 3.05) is 40.4 Å². The Kier molecular flexibility index (Phi) is 7.33. The van der Waals surface area contributed by atoms with Gasteiger partial charge in [-0.3, -0.25) is 4.90 Å². The molecule has 0 bridgehead atoms. The number of ether oxygens (including phenoxy) is 1. The average molecular weight is 270 g/mol. The van der Waals surface area contributed by atoms with E-state index >= 15 is 0 Å². The molecule has 0 spiro atoms. The molecule has 0 aromatic carbocycles. The summed E-state index contributed by atoms with van der Waals surface area (Å²) in [5, 5.41) is 3.38. The molecule has 1 fully saturated rings. The first-order chi connectivity index (χ1) is 9.06. The van der Waals surface area contributed by atoms with Crippen molar-refractivity contribution in [3.8, 4) is 0 Å². The summed E-state index contributed by atoms with van der Waals surface area (Å²) in [6.45, 7) is 11.3. The predicted molar refractivity (Wildman–Crippen MR) is 82.6 cm³/mol. The highest BCUT2D eigenvalue weighted by Gasteiger charge is 2.35. The van der Waals surface area contributed by atoms with E-state index in [9.17, 15) is 0 Å². The molecule has 0 amide bonds. The number of nitrogens with one attached hydrogen (secondary N) is 1. The van der Waals surface area contributed by atoms with Gasteiger partial charge in [-0.25, -0.2) is 0 Å². The highest BCUT2D eigenvalue weighted by atomic mass is 16.5. The largest absolute Gasteiger partial charge is 0.383 e. The second kappa shape index (κ2) is 8.23. The molecule has 2 atom stereocenters. The fraction of sp³-hybridized carbons (Fsp3) is 1.00. The molecule has 3 heteroatoms. The van der Waals surface area contributed by atoms with Gasteiger partial charge in [0.25, 0.3) is 0 Å². The van der Waals surface area contributed by atoms with E-state index in [0.29, 0.717) is 11.5 Å². The highest BCUT2D eigenvalue weighted by Crippen LogP contribution is 2.36. The molecule has 0 radical (unpaired) electrons. The van der Waals surface area contributed by atoms with Crippen LogP contribution in [0.2, 0.25) is 0 Å². The molecule has 2 unspecified atom stereocenters. The lowest BCUT2D eigenvalue weighted by Gasteiger charge is -2.38. The van der Waals surface area contributed by atoms with Gasteiger partial charge in [0, 0.05) is 32.8 Å². The summed E-state index contributed by atoms with van der Waals surface area (Å²) in [5.74, 6) is 0.928. The van der Waals surface area contributed by atoms with Gasteiger partial charge in [-0.2, -0.15) is 0 Å². The van der Waals surface area contributed by atoms with E-state index in [1.165, 1.54) is 32.2 Å². The zero-order valence-corrected chi connectivity index (χ0v) is 13.7. The van der Waals surface area contributed by atoms with Crippen molar-refractivity contribution in [3.63, 3.8) is 0 Å². The van der Waals surface area contributed by atoms with E-state index in [1.54, 1.807) is 7.11 Å². The summed E-state index contributed by atoms with van der Waals surface area (Å²) in [5.41, 5.74) is 0.375. The number of methoxy groups -OCH3 is 1. The Bertz CT molecular complexity index is 235. The van der Waals surface area contributed by atoms with Crippen LogP contribution in [0.3, 0.4) is 0 Å². The van der Waals surface area contributed by atoms with Gasteiger partial charge >= 0.3 is 0 Å². The van der Waals surface area contributed by atoms with Crippen molar-refractivity contribution in [1.82, 2.24) is 10.2 Å². The smallest absolute Gasteiger partial charge is 0.0589 e. The standard InChI is InChI=1S/C16H34N2O/c1-6-9-16(3,12-17-4)13-18(10-11-19-5)14(2)15-7-8-15/h14-15,17H,6-13H2,1-5H3. The molecular formula is C16H34N2O. The minimum atomic E-state index is 0.375. The van der Waals surface area contributed by atoms with E-state index < -0.39 is 0 Å².